The van der Waals surface area contributed by atoms with Gasteiger partial charge in [0.15, 0.2) is 0 Å². The van der Waals surface area contributed by atoms with Crippen molar-refractivity contribution in [1.82, 2.24) is 15.0 Å². The van der Waals surface area contributed by atoms with E-state index in [0.717, 1.165) is 17.1 Å². The zero-order valence-electron chi connectivity index (χ0n) is 11.7. The van der Waals surface area contributed by atoms with Crippen LogP contribution < -0.4 is 5.32 Å². The van der Waals surface area contributed by atoms with Crippen LogP contribution in [0.4, 0.5) is 11.4 Å². The maximum Gasteiger partial charge on any atom is 0.338 e. The molecular weight excluding hydrogens is 302 g/mol. The van der Waals surface area contributed by atoms with Gasteiger partial charge in [0.25, 0.3) is 5.69 Å². The summed E-state index contributed by atoms with van der Waals surface area (Å²) in [6, 6.07) is 11.0. The number of nitro benzene ring substituents is 1. The number of anilines is 1. The van der Waals surface area contributed by atoms with Gasteiger partial charge in [-0.25, -0.2) is 9.48 Å². The average molecular weight is 313 g/mol. The molecule has 0 aliphatic rings. The highest BCUT2D eigenvalue weighted by Gasteiger charge is 2.16. The Morgan fingerprint density at radius 3 is 2.83 bits per heavy atom. The fraction of sp³-hybridized carbons (Fsp3) is 0.0714. The van der Waals surface area contributed by atoms with E-state index in [9.17, 15) is 20.0 Å². The van der Waals surface area contributed by atoms with Crippen molar-refractivity contribution in [2.24, 2.45) is 0 Å². The molecule has 0 fully saturated rings. The molecule has 1 heterocycles. The van der Waals surface area contributed by atoms with E-state index in [4.69, 9.17) is 0 Å². The number of benzene rings is 2. The van der Waals surface area contributed by atoms with Gasteiger partial charge in [0, 0.05) is 12.1 Å². The van der Waals surface area contributed by atoms with E-state index < -0.39 is 10.9 Å². The third kappa shape index (κ3) is 2.79. The number of carboxylic acids is 1. The molecule has 9 nitrogen and oxygen atoms in total. The smallest absolute Gasteiger partial charge is 0.338 e. The molecule has 0 spiro atoms. The number of nitrogens with zero attached hydrogens (tertiary/aromatic N) is 4. The molecular formula is C14H11N5O4. The Bertz CT molecular complexity index is 905. The van der Waals surface area contributed by atoms with Crippen LogP contribution in [-0.2, 0) is 6.67 Å². The van der Waals surface area contributed by atoms with Gasteiger partial charge in [-0.1, -0.05) is 17.3 Å². The lowest BCUT2D eigenvalue weighted by Gasteiger charge is -2.09. The zero-order valence-corrected chi connectivity index (χ0v) is 11.7. The van der Waals surface area contributed by atoms with Crippen LogP contribution in [0.5, 0.6) is 0 Å². The van der Waals surface area contributed by atoms with E-state index in [0.29, 0.717) is 0 Å². The summed E-state index contributed by atoms with van der Waals surface area (Å²) in [5, 5.41) is 30.8. The second kappa shape index (κ2) is 5.72. The Hall–Kier alpha value is -3.49. The first-order valence-corrected chi connectivity index (χ1v) is 6.60. The molecule has 0 bridgehead atoms. The lowest BCUT2D eigenvalue weighted by atomic mass is 10.1. The van der Waals surface area contributed by atoms with Gasteiger partial charge in [-0.15, -0.1) is 5.10 Å². The Balaban J connectivity index is 1.88. The third-order valence-corrected chi connectivity index (χ3v) is 3.28. The van der Waals surface area contributed by atoms with E-state index in [2.05, 4.69) is 15.6 Å². The molecule has 1 aromatic heterocycles. The molecule has 0 saturated carbocycles. The molecule has 23 heavy (non-hydrogen) atoms. The van der Waals surface area contributed by atoms with Crippen molar-refractivity contribution in [2.75, 3.05) is 5.32 Å². The molecule has 0 unspecified atom stereocenters. The number of fused-ring (bicyclic) bond motifs is 1. The summed E-state index contributed by atoms with van der Waals surface area (Å²) >= 11 is 0. The lowest BCUT2D eigenvalue weighted by molar-refractivity contribution is -0.384. The highest BCUT2D eigenvalue weighted by molar-refractivity contribution is 5.95. The van der Waals surface area contributed by atoms with Crippen LogP contribution in [0.15, 0.2) is 42.5 Å². The SMILES string of the molecule is O=C(O)c1cc([N+](=O)[O-])ccc1NCn1nnc2ccccc21. The van der Waals surface area contributed by atoms with Gasteiger partial charge in [-0.05, 0) is 18.2 Å². The van der Waals surface area contributed by atoms with Crippen molar-refractivity contribution < 1.29 is 14.8 Å². The number of non-ortho nitro benzene ring substituents is 1. The predicted molar refractivity (Wildman–Crippen MR) is 81.2 cm³/mol. The van der Waals surface area contributed by atoms with Crippen LogP contribution in [0.3, 0.4) is 0 Å². The second-order valence-electron chi connectivity index (χ2n) is 4.70. The molecule has 3 rings (SSSR count). The summed E-state index contributed by atoms with van der Waals surface area (Å²) in [5.41, 5.74) is 1.32. The van der Waals surface area contributed by atoms with E-state index in [1.165, 1.54) is 12.1 Å². The van der Waals surface area contributed by atoms with Crippen molar-refractivity contribution in [2.45, 2.75) is 6.67 Å². The molecule has 0 atom stereocenters. The molecule has 0 saturated heterocycles. The van der Waals surface area contributed by atoms with Gasteiger partial charge >= 0.3 is 5.97 Å². The third-order valence-electron chi connectivity index (χ3n) is 3.28. The van der Waals surface area contributed by atoms with Crippen molar-refractivity contribution >= 4 is 28.4 Å². The maximum absolute atomic E-state index is 11.3. The molecule has 0 aliphatic heterocycles. The predicted octanol–water partition coefficient (Wildman–Crippen LogP) is 2.11. The minimum Gasteiger partial charge on any atom is -0.478 e. The van der Waals surface area contributed by atoms with Gasteiger partial charge in [-0.3, -0.25) is 10.1 Å². The largest absolute Gasteiger partial charge is 0.478 e. The molecule has 0 radical (unpaired) electrons. The Kier molecular flexibility index (Phi) is 3.59. The Morgan fingerprint density at radius 1 is 1.30 bits per heavy atom. The van der Waals surface area contributed by atoms with Gasteiger partial charge in [0.1, 0.15) is 12.2 Å². The topological polar surface area (TPSA) is 123 Å². The number of nitro groups is 1. The summed E-state index contributed by atoms with van der Waals surface area (Å²) in [5.74, 6) is -1.25. The highest BCUT2D eigenvalue weighted by atomic mass is 16.6. The van der Waals surface area contributed by atoms with E-state index >= 15 is 0 Å². The quantitative estimate of drug-likeness (QED) is 0.546. The number of nitrogens with one attached hydrogen (secondary N) is 1. The fourth-order valence-electron chi connectivity index (χ4n) is 2.17. The van der Waals surface area contributed by atoms with Gasteiger partial charge in [0.05, 0.1) is 21.7 Å². The molecule has 116 valence electrons. The Labute approximate surface area is 129 Å². The molecule has 2 aromatic carbocycles. The van der Waals surface area contributed by atoms with Crippen molar-refractivity contribution in [3.05, 3.63) is 58.1 Å². The number of hydrogen-bond acceptors (Lipinski definition) is 6. The molecule has 3 aromatic rings. The number of hydrogen-bond donors (Lipinski definition) is 2. The van der Waals surface area contributed by atoms with E-state index in [1.54, 1.807) is 4.68 Å². The standard InChI is InChI=1S/C14H11N5O4/c20-14(21)10-7-9(19(22)23)5-6-11(10)15-8-18-13-4-2-1-3-12(13)16-17-18/h1-7,15H,8H2,(H,20,21). The minimum absolute atomic E-state index is 0.177. The molecule has 9 heteroatoms. The maximum atomic E-state index is 11.3. The van der Waals surface area contributed by atoms with Gasteiger partial charge < -0.3 is 10.4 Å². The lowest BCUT2D eigenvalue weighted by Crippen LogP contribution is -2.12. The number of rotatable bonds is 5. The van der Waals surface area contributed by atoms with Crippen molar-refractivity contribution in [3.8, 4) is 0 Å². The number of carbonyl (C=O) groups is 1. The fourth-order valence-corrected chi connectivity index (χ4v) is 2.17. The summed E-state index contributed by atoms with van der Waals surface area (Å²) < 4.78 is 1.57. The van der Waals surface area contributed by atoms with Crippen LogP contribution in [0.25, 0.3) is 11.0 Å². The van der Waals surface area contributed by atoms with Crippen molar-refractivity contribution in [1.29, 1.82) is 0 Å². The summed E-state index contributed by atoms with van der Waals surface area (Å²) in [7, 11) is 0. The summed E-state index contributed by atoms with van der Waals surface area (Å²) in [6.45, 7) is 0.179. The number of aromatic nitrogens is 3. The average Bonchev–Trinajstić information content (AvgIpc) is 2.95. The van der Waals surface area contributed by atoms with Gasteiger partial charge in [0.2, 0.25) is 0 Å². The monoisotopic (exact) mass is 313 g/mol. The van der Waals surface area contributed by atoms with Crippen LogP contribution in [0, 0.1) is 10.1 Å². The van der Waals surface area contributed by atoms with Crippen LogP contribution in [0.2, 0.25) is 0 Å². The van der Waals surface area contributed by atoms with Crippen LogP contribution >= 0.6 is 0 Å². The van der Waals surface area contributed by atoms with E-state index in [-0.39, 0.29) is 23.6 Å². The summed E-state index contributed by atoms with van der Waals surface area (Å²) in [4.78, 5) is 21.4. The number of para-hydroxylation sites is 1. The molecule has 0 amide bonds. The first-order valence-electron chi connectivity index (χ1n) is 6.60. The Morgan fingerprint density at radius 2 is 2.09 bits per heavy atom. The van der Waals surface area contributed by atoms with Crippen LogP contribution in [0.1, 0.15) is 10.4 Å². The highest BCUT2D eigenvalue weighted by Crippen LogP contribution is 2.22. The van der Waals surface area contributed by atoms with E-state index in [1.807, 2.05) is 24.3 Å². The van der Waals surface area contributed by atoms with Crippen LogP contribution in [-0.4, -0.2) is 31.0 Å². The summed E-state index contributed by atoms with van der Waals surface area (Å²) in [6.07, 6.45) is 0. The second-order valence-corrected chi connectivity index (χ2v) is 4.70. The van der Waals surface area contributed by atoms with Crippen molar-refractivity contribution in [3.63, 3.8) is 0 Å². The first kappa shape index (κ1) is 14.4. The number of carboxylic acid groups (broad SMARTS) is 1. The molecule has 0 aliphatic carbocycles. The zero-order chi connectivity index (χ0) is 16.4. The molecule has 2 N–H and O–H groups in total. The number of aromatic carboxylic acids is 1. The first-order chi connectivity index (χ1) is 11.1. The van der Waals surface area contributed by atoms with Gasteiger partial charge in [-0.2, -0.15) is 0 Å². The minimum atomic E-state index is -1.25. The normalized spacial score (nSPS) is 10.6.